The Morgan fingerprint density at radius 2 is 1.65 bits per heavy atom. The van der Waals surface area contributed by atoms with Gasteiger partial charge in [0.25, 0.3) is 5.91 Å². The van der Waals surface area contributed by atoms with Gasteiger partial charge in [0.05, 0.1) is 25.6 Å². The van der Waals surface area contributed by atoms with E-state index in [0.717, 1.165) is 51.6 Å². The van der Waals surface area contributed by atoms with Crippen LogP contribution in [0.1, 0.15) is 23.7 Å². The van der Waals surface area contributed by atoms with E-state index in [0.29, 0.717) is 11.5 Å². The number of ether oxygens (including phenoxy) is 2. The van der Waals surface area contributed by atoms with Gasteiger partial charge in [-0.05, 0) is 42.3 Å². The standard InChI is InChI=1S/C27H24N4O3/c1-4-20-24-17-14-22(33-2)23(34-3)15-19(17)27(18-12-8-9-13-21(18)28-26(27)32)29-25(24)31(30-20)16-10-6-5-7-11-16/h5-15,29H,4H2,1-3H3,(H,28,32)/t27-/m0/s1. The second-order valence-electron chi connectivity index (χ2n) is 8.40. The lowest BCUT2D eigenvalue weighted by Crippen LogP contribution is -2.46. The highest BCUT2D eigenvalue weighted by molar-refractivity contribution is 6.13. The molecule has 0 saturated carbocycles. The number of carbonyl (C=O) groups is 1. The van der Waals surface area contributed by atoms with Gasteiger partial charge in [0.1, 0.15) is 5.82 Å². The molecule has 1 atom stereocenters. The number of hydrogen-bond donors (Lipinski definition) is 2. The molecule has 2 aliphatic rings. The lowest BCUT2D eigenvalue weighted by molar-refractivity contribution is -0.118. The van der Waals surface area contributed by atoms with Crippen molar-refractivity contribution in [2.24, 2.45) is 0 Å². The van der Waals surface area contributed by atoms with Crippen LogP contribution in [0.3, 0.4) is 0 Å². The maximum Gasteiger partial charge on any atom is 0.259 e. The number of nitrogens with one attached hydrogen (secondary N) is 2. The largest absolute Gasteiger partial charge is 0.493 e. The highest BCUT2D eigenvalue weighted by atomic mass is 16.5. The molecule has 3 heterocycles. The first-order chi connectivity index (χ1) is 16.6. The topological polar surface area (TPSA) is 77.4 Å². The molecule has 2 aliphatic heterocycles. The van der Waals surface area contributed by atoms with Crippen LogP contribution in [0.5, 0.6) is 11.5 Å². The zero-order chi connectivity index (χ0) is 23.4. The third kappa shape index (κ3) is 2.58. The van der Waals surface area contributed by atoms with Crippen molar-refractivity contribution in [2.75, 3.05) is 24.9 Å². The number of benzene rings is 3. The van der Waals surface area contributed by atoms with E-state index in [1.165, 1.54) is 0 Å². The Morgan fingerprint density at radius 3 is 2.38 bits per heavy atom. The smallest absolute Gasteiger partial charge is 0.259 e. The number of rotatable bonds is 4. The molecule has 1 spiro atoms. The Bertz CT molecular complexity index is 1440. The second-order valence-corrected chi connectivity index (χ2v) is 8.40. The first kappa shape index (κ1) is 20.4. The van der Waals surface area contributed by atoms with E-state index >= 15 is 0 Å². The first-order valence-corrected chi connectivity index (χ1v) is 11.3. The third-order valence-corrected chi connectivity index (χ3v) is 6.72. The average Bonchev–Trinajstić information content (AvgIpc) is 3.39. The fourth-order valence-corrected chi connectivity index (χ4v) is 5.16. The Balaban J connectivity index is 1.73. The Morgan fingerprint density at radius 1 is 0.941 bits per heavy atom. The van der Waals surface area contributed by atoms with Crippen LogP contribution in [-0.2, 0) is 16.8 Å². The van der Waals surface area contributed by atoms with Crippen molar-refractivity contribution in [1.82, 2.24) is 9.78 Å². The Kier molecular flexibility index (Phi) is 4.42. The highest BCUT2D eigenvalue weighted by Gasteiger charge is 2.53. The summed E-state index contributed by atoms with van der Waals surface area (Å²) < 4.78 is 13.2. The molecule has 7 nitrogen and oxygen atoms in total. The van der Waals surface area contributed by atoms with Crippen molar-refractivity contribution in [2.45, 2.75) is 18.9 Å². The van der Waals surface area contributed by atoms with Crippen molar-refractivity contribution >= 4 is 17.4 Å². The molecule has 4 aromatic rings. The van der Waals surface area contributed by atoms with Gasteiger partial charge in [-0.1, -0.05) is 43.3 Å². The monoisotopic (exact) mass is 452 g/mol. The van der Waals surface area contributed by atoms with Gasteiger partial charge in [-0.3, -0.25) is 4.79 Å². The number of carbonyl (C=O) groups excluding carboxylic acids is 1. The van der Waals surface area contributed by atoms with Gasteiger partial charge in [-0.2, -0.15) is 5.10 Å². The predicted molar refractivity (Wildman–Crippen MR) is 131 cm³/mol. The normalized spacial score (nSPS) is 17.4. The van der Waals surface area contributed by atoms with E-state index in [4.69, 9.17) is 14.6 Å². The summed E-state index contributed by atoms with van der Waals surface area (Å²) in [6.45, 7) is 2.08. The number of fused-ring (bicyclic) bond motifs is 6. The lowest BCUT2D eigenvalue weighted by atomic mass is 9.76. The van der Waals surface area contributed by atoms with Gasteiger partial charge in [0, 0.05) is 22.4 Å². The molecular formula is C27H24N4O3. The minimum absolute atomic E-state index is 0.147. The fourth-order valence-electron chi connectivity index (χ4n) is 5.16. The van der Waals surface area contributed by atoms with Gasteiger partial charge in [0.2, 0.25) is 0 Å². The van der Waals surface area contributed by atoms with E-state index in [2.05, 4.69) is 17.6 Å². The first-order valence-electron chi connectivity index (χ1n) is 11.3. The zero-order valence-electron chi connectivity index (χ0n) is 19.2. The number of nitrogens with zero attached hydrogens (tertiary/aromatic N) is 2. The molecule has 0 radical (unpaired) electrons. The molecule has 2 N–H and O–H groups in total. The van der Waals surface area contributed by atoms with Gasteiger partial charge >= 0.3 is 0 Å². The van der Waals surface area contributed by atoms with E-state index in [9.17, 15) is 4.79 Å². The van der Waals surface area contributed by atoms with Crippen LogP contribution in [-0.4, -0.2) is 29.9 Å². The van der Waals surface area contributed by atoms with Crippen LogP contribution in [0, 0.1) is 0 Å². The maximum absolute atomic E-state index is 13.8. The van der Waals surface area contributed by atoms with Gasteiger partial charge < -0.3 is 20.1 Å². The summed E-state index contributed by atoms with van der Waals surface area (Å²) in [5.41, 5.74) is 5.02. The summed E-state index contributed by atoms with van der Waals surface area (Å²) in [7, 11) is 3.22. The molecule has 0 aliphatic carbocycles. The molecule has 7 heteroatoms. The number of para-hydroxylation sites is 2. The van der Waals surface area contributed by atoms with Crippen LogP contribution in [0.4, 0.5) is 11.5 Å². The number of anilines is 2. The van der Waals surface area contributed by atoms with Crippen LogP contribution < -0.4 is 20.1 Å². The molecule has 3 aromatic carbocycles. The number of hydrogen-bond acceptors (Lipinski definition) is 5. The number of aromatic nitrogens is 2. The lowest BCUT2D eigenvalue weighted by Gasteiger charge is -2.37. The van der Waals surface area contributed by atoms with E-state index < -0.39 is 5.54 Å². The SMILES string of the molecule is CCc1nn(-c2ccccc2)c2c1-c1cc(OC)c(OC)cc1[C@]1(N2)C(=O)Nc2ccccc21. The molecule has 0 unspecified atom stereocenters. The van der Waals surface area contributed by atoms with Gasteiger partial charge in [-0.25, -0.2) is 4.68 Å². The molecule has 0 bridgehead atoms. The number of methoxy groups -OCH3 is 2. The van der Waals surface area contributed by atoms with Gasteiger partial charge in [0.15, 0.2) is 17.0 Å². The van der Waals surface area contributed by atoms with Crippen molar-refractivity contribution in [3.8, 4) is 28.3 Å². The third-order valence-electron chi connectivity index (χ3n) is 6.72. The Hall–Kier alpha value is -4.26. The summed E-state index contributed by atoms with van der Waals surface area (Å²) in [6, 6.07) is 21.6. The number of amides is 1. The Labute approximate surface area is 197 Å². The summed E-state index contributed by atoms with van der Waals surface area (Å²) in [5, 5.41) is 11.7. The molecule has 170 valence electrons. The average molecular weight is 453 g/mol. The number of aryl methyl sites for hydroxylation is 1. The minimum atomic E-state index is -1.14. The van der Waals surface area contributed by atoms with Crippen molar-refractivity contribution in [3.63, 3.8) is 0 Å². The summed E-state index contributed by atoms with van der Waals surface area (Å²) in [6.07, 6.45) is 0.730. The van der Waals surface area contributed by atoms with Gasteiger partial charge in [-0.15, -0.1) is 0 Å². The molecule has 0 saturated heterocycles. The van der Waals surface area contributed by atoms with E-state index in [-0.39, 0.29) is 5.91 Å². The second kappa shape index (κ2) is 7.38. The maximum atomic E-state index is 13.8. The van der Waals surface area contributed by atoms with Crippen LogP contribution >= 0.6 is 0 Å². The van der Waals surface area contributed by atoms with Crippen LogP contribution in [0.25, 0.3) is 16.8 Å². The van der Waals surface area contributed by atoms with Crippen molar-refractivity contribution in [1.29, 1.82) is 0 Å². The fraction of sp³-hybridized carbons (Fsp3) is 0.185. The molecule has 1 amide bonds. The zero-order valence-corrected chi connectivity index (χ0v) is 19.2. The molecule has 1 aromatic heterocycles. The predicted octanol–water partition coefficient (Wildman–Crippen LogP) is 4.74. The molecule has 34 heavy (non-hydrogen) atoms. The van der Waals surface area contributed by atoms with E-state index in [1.807, 2.05) is 71.4 Å². The summed E-state index contributed by atoms with van der Waals surface area (Å²) in [5.74, 6) is 1.79. The highest BCUT2D eigenvalue weighted by Crippen LogP contribution is 2.54. The van der Waals surface area contributed by atoms with Crippen LogP contribution in [0.2, 0.25) is 0 Å². The molecular weight excluding hydrogens is 428 g/mol. The van der Waals surface area contributed by atoms with Crippen molar-refractivity contribution in [3.05, 3.63) is 83.6 Å². The quantitative estimate of drug-likeness (QED) is 0.468. The van der Waals surface area contributed by atoms with Crippen LogP contribution in [0.15, 0.2) is 66.7 Å². The minimum Gasteiger partial charge on any atom is -0.493 e. The summed E-state index contributed by atoms with van der Waals surface area (Å²) >= 11 is 0. The van der Waals surface area contributed by atoms with E-state index in [1.54, 1.807) is 14.2 Å². The molecule has 0 fully saturated rings. The van der Waals surface area contributed by atoms with Crippen molar-refractivity contribution < 1.29 is 14.3 Å². The molecule has 6 rings (SSSR count). The summed E-state index contributed by atoms with van der Waals surface area (Å²) in [4.78, 5) is 13.8.